The summed E-state index contributed by atoms with van der Waals surface area (Å²) in [5, 5.41) is 45.5. The molecule has 33 nitrogen and oxygen atoms in total. The van der Waals surface area contributed by atoms with Crippen molar-refractivity contribution in [1.29, 1.82) is 0 Å². The van der Waals surface area contributed by atoms with E-state index >= 15 is 4.79 Å². The average molecular weight is 1590 g/mol. The molecule has 3 aliphatic rings. The zero-order chi connectivity index (χ0) is 83.8. The smallest absolute Gasteiger partial charge is 0.252 e. The van der Waals surface area contributed by atoms with E-state index in [4.69, 9.17) is 32.4 Å². The van der Waals surface area contributed by atoms with Crippen LogP contribution in [-0.4, -0.2) is 223 Å². The molecule has 0 saturated carbocycles. The number of nitrogens with one attached hydrogen (secondary N) is 12. The molecule has 3 aliphatic heterocycles. The summed E-state index contributed by atoms with van der Waals surface area (Å²) in [6, 6.07) is 2.13. The maximum atomic E-state index is 15.2. The summed E-state index contributed by atoms with van der Waals surface area (Å²) in [6.07, 6.45) is -4.50. The lowest BCUT2D eigenvalue weighted by molar-refractivity contribution is -0.143. The van der Waals surface area contributed by atoms with E-state index in [1.165, 1.54) is 4.90 Å². The molecule has 0 aromatic heterocycles. The minimum atomic E-state index is -1.71. The molecule has 3 saturated heterocycles. The van der Waals surface area contributed by atoms with Crippen LogP contribution in [0.15, 0.2) is 60.7 Å². The van der Waals surface area contributed by atoms with Crippen LogP contribution in [-0.2, 0) is 84.8 Å². The van der Waals surface area contributed by atoms with Crippen LogP contribution in [0.2, 0.25) is 0 Å². The number of aliphatic hydroxyl groups is 1. The lowest BCUT2D eigenvalue weighted by atomic mass is 9.99. The monoisotopic (exact) mass is 1590 g/mol. The van der Waals surface area contributed by atoms with Crippen molar-refractivity contribution in [2.45, 2.75) is 277 Å². The minimum Gasteiger partial charge on any atom is -0.387 e. The summed E-state index contributed by atoms with van der Waals surface area (Å²) in [5.74, 6) is -12.6. The van der Waals surface area contributed by atoms with Gasteiger partial charge in [-0.25, -0.2) is 0 Å². The Bertz CT molecular complexity index is 3420. The van der Waals surface area contributed by atoms with Gasteiger partial charge in [0.05, 0.1) is 6.61 Å². The number of nitrogens with zero attached hydrogens (tertiary/aromatic N) is 1. The Hall–Kier alpha value is -8.73. The topological polar surface area (TPSA) is 512 Å². The summed E-state index contributed by atoms with van der Waals surface area (Å²) in [6.45, 7) is 20.9. The van der Waals surface area contributed by atoms with E-state index in [-0.39, 0.29) is 147 Å². The van der Waals surface area contributed by atoms with Gasteiger partial charge in [-0.05, 0) is 156 Å². The highest BCUT2D eigenvalue weighted by atomic mass is 16.6. The number of fused-ring (bicyclic) bond motifs is 3. The van der Waals surface area contributed by atoms with Crippen molar-refractivity contribution in [2.24, 2.45) is 58.4 Å². The first-order valence-electron chi connectivity index (χ1n) is 40.4. The first-order valence-corrected chi connectivity index (χ1v) is 40.4. The molecule has 632 valence electrons. The van der Waals surface area contributed by atoms with Crippen LogP contribution in [0.1, 0.15) is 178 Å². The molecule has 33 heteroatoms. The Morgan fingerprint density at radius 1 is 0.416 bits per heavy atom. The summed E-state index contributed by atoms with van der Waals surface area (Å²) in [5.41, 5.74) is 25.2. The van der Waals surface area contributed by atoms with Crippen molar-refractivity contribution in [1.82, 2.24) is 68.7 Å². The van der Waals surface area contributed by atoms with Gasteiger partial charge in [-0.3, -0.25) is 62.3 Å². The van der Waals surface area contributed by atoms with E-state index in [1.54, 1.807) is 116 Å². The van der Waals surface area contributed by atoms with Gasteiger partial charge in [0.1, 0.15) is 90.8 Å². The number of ether oxygens (including phenoxy) is 2. The molecule has 2 bridgehead atoms. The Kier molecular flexibility index (Phi) is 40.2. The molecule has 3 fully saturated rings. The minimum absolute atomic E-state index is 0.00422. The van der Waals surface area contributed by atoms with E-state index in [0.717, 1.165) is 0 Å². The predicted molar refractivity (Wildman–Crippen MR) is 425 cm³/mol. The second-order valence-electron chi connectivity index (χ2n) is 32.3. The van der Waals surface area contributed by atoms with Gasteiger partial charge in [-0.2, -0.15) is 0 Å². The highest BCUT2D eigenvalue weighted by Gasteiger charge is 2.50. The number of aliphatic hydroxyl groups excluding tert-OH is 1. The van der Waals surface area contributed by atoms with E-state index < -0.39 is 191 Å². The van der Waals surface area contributed by atoms with E-state index in [2.05, 4.69) is 63.8 Å². The highest BCUT2D eigenvalue weighted by molar-refractivity contribution is 6.00. The Morgan fingerprint density at radius 3 is 1.14 bits per heavy atom. The van der Waals surface area contributed by atoms with Crippen LogP contribution >= 0.6 is 0 Å². The number of nitrogens with two attached hydrogens (primary N) is 4. The lowest BCUT2D eigenvalue weighted by Gasteiger charge is -2.32. The predicted octanol–water partition coefficient (Wildman–Crippen LogP) is -0.542. The molecule has 2 aromatic rings. The van der Waals surface area contributed by atoms with Crippen molar-refractivity contribution >= 4 is 76.8 Å². The molecule has 0 radical (unpaired) electrons. The molecule has 13 amide bonds. The van der Waals surface area contributed by atoms with Crippen molar-refractivity contribution in [3.8, 4) is 0 Å². The van der Waals surface area contributed by atoms with E-state index in [0.29, 0.717) is 17.5 Å². The van der Waals surface area contributed by atoms with Crippen LogP contribution in [0, 0.1) is 35.5 Å². The molecule has 5 rings (SSSR count). The number of rotatable bonds is 26. The van der Waals surface area contributed by atoms with E-state index in [1.807, 2.05) is 27.7 Å². The normalized spacial score (nSPS) is 27.6. The maximum absolute atomic E-state index is 15.2. The van der Waals surface area contributed by atoms with Gasteiger partial charge in [0.25, 0.3) is 5.91 Å². The van der Waals surface area contributed by atoms with Crippen molar-refractivity contribution in [3.63, 3.8) is 0 Å². The van der Waals surface area contributed by atoms with Gasteiger partial charge in [0, 0.05) is 19.5 Å². The van der Waals surface area contributed by atoms with Gasteiger partial charge >= 0.3 is 0 Å². The summed E-state index contributed by atoms with van der Waals surface area (Å²) >= 11 is 0. The van der Waals surface area contributed by atoms with Crippen LogP contribution < -0.4 is 86.7 Å². The zero-order valence-electron chi connectivity index (χ0n) is 68.2. The van der Waals surface area contributed by atoms with Gasteiger partial charge in [-0.1, -0.05) is 144 Å². The first kappa shape index (κ1) is 94.9. The molecule has 3 heterocycles. The molecule has 0 spiro atoms. The molecule has 0 aliphatic carbocycles. The number of hydrogen-bond donors (Lipinski definition) is 17. The quantitative estimate of drug-likeness (QED) is 0.0562. The average Bonchev–Trinajstić information content (AvgIpc) is 1.68. The third kappa shape index (κ3) is 30.2. The number of hydrogen-bond acceptors (Lipinski definition) is 20. The van der Waals surface area contributed by atoms with Crippen LogP contribution in [0.5, 0.6) is 0 Å². The third-order valence-corrected chi connectivity index (χ3v) is 20.2. The van der Waals surface area contributed by atoms with Gasteiger partial charge < -0.3 is 106 Å². The van der Waals surface area contributed by atoms with Crippen LogP contribution in [0.3, 0.4) is 0 Å². The summed E-state index contributed by atoms with van der Waals surface area (Å²) < 4.78 is 12.6. The second kappa shape index (κ2) is 47.8. The largest absolute Gasteiger partial charge is 0.387 e. The van der Waals surface area contributed by atoms with Gasteiger partial charge in [0.2, 0.25) is 70.9 Å². The highest BCUT2D eigenvalue weighted by Crippen LogP contribution is 2.27. The molecular weight excluding hydrogens is 1450 g/mol. The molecule has 0 unspecified atom stereocenters. The fourth-order valence-electron chi connectivity index (χ4n) is 13.9. The van der Waals surface area contributed by atoms with Crippen molar-refractivity contribution < 1.29 is 76.9 Å². The molecule has 16 atom stereocenters. The zero-order valence-corrected chi connectivity index (χ0v) is 68.2. The van der Waals surface area contributed by atoms with Gasteiger partial charge in [0.15, 0.2) is 6.10 Å². The number of carbonyl (C=O) groups is 13. The van der Waals surface area contributed by atoms with Crippen molar-refractivity contribution in [2.75, 3.05) is 39.3 Å². The maximum Gasteiger partial charge on any atom is 0.252 e. The first-order chi connectivity index (χ1) is 53.6. The Balaban J connectivity index is 1.60. The number of carbonyl (C=O) groups excluding carboxylic acids is 13. The molecule has 21 N–H and O–H groups in total. The van der Waals surface area contributed by atoms with Crippen LogP contribution in [0.4, 0.5) is 0 Å². The van der Waals surface area contributed by atoms with Crippen molar-refractivity contribution in [3.05, 3.63) is 71.8 Å². The molecule has 113 heavy (non-hydrogen) atoms. The number of amides is 13. The standard InChI is InChI=1S/C80H131N17O16/c1-44(2)38-56-72(103)86-54(30-21-35-83)70(101)94-62(47(7)8)76(107)85-42-61-66(112-43-51-26-17-14-18-27-51)65(98)67(113-61)79(110)92-58(40-46(5)6)73(104)87-55(31-22-36-84)71(102)95-63(48(9)10)77(108)88-52(28-19-33-81)69(100)91-57(39-45(3)4)74(105)93-59(41-50-24-15-13-16-25-50)80(111)97-37-23-32-60(97)75(106)96-64(49(11)12)78(109)89-53(29-20-34-82)68(99)90-56/h13-18,24-27,44-49,52-67,98H,19-23,28-43,81-84H2,1-12H3,(H,85,107)(H,86,103)(H,87,104)(H,88,108)(H,89,109)(H,90,99)(H,91,100)(H,92,110)(H,93,105)(H,94,101)(H,95,102)(H,96,106)/t52-,53-,54-,55-,56-,57-,58-,59+,60-,61+,62-,63-,64-,65-,66+,67+/m0/s1. The third-order valence-electron chi connectivity index (χ3n) is 20.2. The fraction of sp³-hybridized carbons (Fsp3) is 0.688. The van der Waals surface area contributed by atoms with E-state index in [9.17, 15) is 62.6 Å². The van der Waals surface area contributed by atoms with Crippen LogP contribution in [0.25, 0.3) is 0 Å². The Morgan fingerprint density at radius 2 is 0.752 bits per heavy atom. The summed E-state index contributed by atoms with van der Waals surface area (Å²) in [4.78, 5) is 192. The SMILES string of the molecule is CC(C)C[C@@H]1NC(=O)[C@H](CCCN)NC(=O)[C@H](C(C)C)NC(=O)[C@@H]2CCCN2C(=O)[C@@H](Cc2ccccc2)NC(=O)[C@H](CC(C)C)NC(=O)[C@H](CCCN)NC(=O)[C@H](C(C)C)NC(=O)[C@H](CCCN)NC(=O)[C@H](CC(C)C)NC(=O)[C@@H]2O[C@H](CNC(=O)[C@H](C(C)C)NC(=O)[C@H](CCCN)NC1=O)[C@@H](OCc1ccccc1)[C@@H]2O. The molecule has 2 aromatic carbocycles. The fourth-order valence-corrected chi connectivity index (χ4v) is 13.9. The lowest BCUT2D eigenvalue weighted by Crippen LogP contribution is -2.62. The van der Waals surface area contributed by atoms with Gasteiger partial charge in [-0.15, -0.1) is 0 Å². The summed E-state index contributed by atoms with van der Waals surface area (Å²) in [7, 11) is 0. The molecular formula is C80H131N17O16. The number of benzene rings is 2. The Labute approximate surface area is 665 Å². The second-order valence-corrected chi connectivity index (χ2v) is 32.3.